The van der Waals surface area contributed by atoms with Crippen molar-refractivity contribution in [1.29, 1.82) is 0 Å². The lowest BCUT2D eigenvalue weighted by atomic mass is 10.3. The Morgan fingerprint density at radius 3 is 2.73 bits per heavy atom. The predicted octanol–water partition coefficient (Wildman–Crippen LogP) is 2.49. The highest BCUT2D eigenvalue weighted by molar-refractivity contribution is 5.79. The summed E-state index contributed by atoms with van der Waals surface area (Å²) in [5.41, 5.74) is 0. The molecule has 1 aromatic rings. The Morgan fingerprint density at radius 1 is 1.33 bits per heavy atom. The van der Waals surface area contributed by atoms with E-state index in [1.807, 2.05) is 30.3 Å². The molecule has 0 saturated carbocycles. The van der Waals surface area contributed by atoms with Gasteiger partial charge < -0.3 is 9.84 Å². The molecule has 1 aromatic carbocycles. The summed E-state index contributed by atoms with van der Waals surface area (Å²) in [5, 5.41) is 8.33. The van der Waals surface area contributed by atoms with E-state index in [0.717, 1.165) is 24.7 Å². The summed E-state index contributed by atoms with van der Waals surface area (Å²) in [7, 11) is 0. The van der Waals surface area contributed by atoms with Crippen LogP contribution in [0.3, 0.4) is 0 Å². The monoisotopic (exact) mass is 206 g/mol. The maximum absolute atomic E-state index is 10.1. The molecule has 0 atom stereocenters. The summed E-state index contributed by atoms with van der Waals surface area (Å²) in [4.78, 5) is 10.1. The van der Waals surface area contributed by atoms with Gasteiger partial charge in [-0.05, 0) is 25.0 Å². The van der Waals surface area contributed by atoms with Gasteiger partial charge >= 0.3 is 5.97 Å². The first-order valence-corrected chi connectivity index (χ1v) is 4.86. The third kappa shape index (κ3) is 5.52. The molecule has 0 heterocycles. The Labute approximate surface area is 89.0 Å². The molecule has 3 nitrogen and oxygen atoms in total. The molecule has 1 N–H and O–H groups in total. The van der Waals surface area contributed by atoms with Gasteiger partial charge in [-0.2, -0.15) is 0 Å². The Hall–Kier alpha value is -1.77. The number of carbonyl (C=O) groups is 1. The van der Waals surface area contributed by atoms with Gasteiger partial charge in [0.2, 0.25) is 0 Å². The van der Waals surface area contributed by atoms with Crippen molar-refractivity contribution >= 4 is 5.97 Å². The number of carboxylic acids is 1. The van der Waals surface area contributed by atoms with Crippen molar-refractivity contribution < 1.29 is 14.6 Å². The van der Waals surface area contributed by atoms with E-state index in [1.54, 1.807) is 6.08 Å². The molecule has 0 saturated heterocycles. The minimum Gasteiger partial charge on any atom is -0.494 e. The van der Waals surface area contributed by atoms with Gasteiger partial charge in [-0.25, -0.2) is 4.79 Å². The smallest absolute Gasteiger partial charge is 0.327 e. The summed E-state index contributed by atoms with van der Waals surface area (Å²) >= 11 is 0. The third-order valence-corrected chi connectivity index (χ3v) is 1.79. The quantitative estimate of drug-likeness (QED) is 0.574. The Balaban J connectivity index is 2.10. The zero-order valence-corrected chi connectivity index (χ0v) is 8.43. The zero-order chi connectivity index (χ0) is 10.9. The highest BCUT2D eigenvalue weighted by Crippen LogP contribution is 2.08. The highest BCUT2D eigenvalue weighted by Gasteiger charge is 1.90. The maximum atomic E-state index is 10.1. The molecular weight excluding hydrogens is 192 g/mol. The van der Waals surface area contributed by atoms with E-state index in [9.17, 15) is 4.79 Å². The number of carboxylic acid groups (broad SMARTS) is 1. The topological polar surface area (TPSA) is 46.5 Å². The summed E-state index contributed by atoms with van der Waals surface area (Å²) in [6, 6.07) is 9.56. The van der Waals surface area contributed by atoms with Crippen molar-refractivity contribution in [2.24, 2.45) is 0 Å². The predicted molar refractivity (Wildman–Crippen MR) is 57.9 cm³/mol. The molecule has 0 aromatic heterocycles. The molecule has 0 amide bonds. The average Bonchev–Trinajstić information content (AvgIpc) is 2.24. The molecule has 0 unspecified atom stereocenters. The first kappa shape index (κ1) is 11.3. The van der Waals surface area contributed by atoms with Crippen LogP contribution in [-0.2, 0) is 4.79 Å². The van der Waals surface area contributed by atoms with Gasteiger partial charge in [0.25, 0.3) is 0 Å². The first-order valence-electron chi connectivity index (χ1n) is 4.86. The van der Waals surface area contributed by atoms with Crippen LogP contribution in [0.25, 0.3) is 0 Å². The van der Waals surface area contributed by atoms with E-state index in [4.69, 9.17) is 9.84 Å². The van der Waals surface area contributed by atoms with Crippen LogP contribution >= 0.6 is 0 Å². The molecule has 15 heavy (non-hydrogen) atoms. The number of ether oxygens (including phenoxy) is 1. The van der Waals surface area contributed by atoms with E-state index in [1.165, 1.54) is 0 Å². The average molecular weight is 206 g/mol. The van der Waals surface area contributed by atoms with Crippen LogP contribution in [0, 0.1) is 0 Å². The van der Waals surface area contributed by atoms with Gasteiger partial charge in [0.1, 0.15) is 5.75 Å². The summed E-state index contributed by atoms with van der Waals surface area (Å²) in [6.07, 6.45) is 4.33. The molecule has 3 heteroatoms. The van der Waals surface area contributed by atoms with Crippen molar-refractivity contribution in [2.75, 3.05) is 6.61 Å². The standard InChI is InChI=1S/C12H14O3/c13-12(14)9-5-2-6-10-15-11-7-3-1-4-8-11/h1,3-5,7-9H,2,6,10H2,(H,13,14). The van der Waals surface area contributed by atoms with Crippen LogP contribution in [-0.4, -0.2) is 17.7 Å². The minimum atomic E-state index is -0.904. The Morgan fingerprint density at radius 2 is 2.07 bits per heavy atom. The fraction of sp³-hybridized carbons (Fsp3) is 0.250. The summed E-state index contributed by atoms with van der Waals surface area (Å²) < 4.78 is 5.43. The molecule has 0 aliphatic rings. The highest BCUT2D eigenvalue weighted by atomic mass is 16.5. The molecule has 1 rings (SSSR count). The normalized spacial score (nSPS) is 10.4. The number of aliphatic carboxylic acids is 1. The second-order valence-corrected chi connectivity index (χ2v) is 3.04. The van der Waals surface area contributed by atoms with Crippen molar-refractivity contribution in [2.45, 2.75) is 12.8 Å². The molecule has 0 spiro atoms. The van der Waals surface area contributed by atoms with Crippen LogP contribution in [0.2, 0.25) is 0 Å². The fourth-order valence-electron chi connectivity index (χ4n) is 1.09. The SMILES string of the molecule is O=C(O)C=CCCCOc1ccccc1. The van der Waals surface area contributed by atoms with Crippen molar-refractivity contribution in [3.05, 3.63) is 42.5 Å². The van der Waals surface area contributed by atoms with Gasteiger partial charge in [-0.15, -0.1) is 0 Å². The number of benzene rings is 1. The second-order valence-electron chi connectivity index (χ2n) is 3.04. The van der Waals surface area contributed by atoms with Crippen molar-refractivity contribution in [1.82, 2.24) is 0 Å². The van der Waals surface area contributed by atoms with Gasteiger partial charge in [0.05, 0.1) is 6.61 Å². The van der Waals surface area contributed by atoms with Gasteiger partial charge in [-0.3, -0.25) is 0 Å². The van der Waals surface area contributed by atoms with Crippen molar-refractivity contribution in [3.63, 3.8) is 0 Å². The van der Waals surface area contributed by atoms with Crippen LogP contribution in [0.4, 0.5) is 0 Å². The van der Waals surface area contributed by atoms with Gasteiger partial charge in [0.15, 0.2) is 0 Å². The van der Waals surface area contributed by atoms with E-state index in [-0.39, 0.29) is 0 Å². The zero-order valence-electron chi connectivity index (χ0n) is 8.43. The minimum absolute atomic E-state index is 0.605. The van der Waals surface area contributed by atoms with E-state index >= 15 is 0 Å². The van der Waals surface area contributed by atoms with E-state index < -0.39 is 5.97 Å². The van der Waals surface area contributed by atoms with E-state index in [2.05, 4.69) is 0 Å². The lowest BCUT2D eigenvalue weighted by Gasteiger charge is -2.03. The molecular formula is C12H14O3. The van der Waals surface area contributed by atoms with Crippen LogP contribution < -0.4 is 4.74 Å². The number of hydrogen-bond donors (Lipinski definition) is 1. The number of rotatable bonds is 6. The van der Waals surface area contributed by atoms with Crippen molar-refractivity contribution in [3.8, 4) is 5.75 Å². The molecule has 0 aliphatic heterocycles. The largest absolute Gasteiger partial charge is 0.494 e. The van der Waals surface area contributed by atoms with Crippen LogP contribution in [0.15, 0.2) is 42.5 Å². The van der Waals surface area contributed by atoms with Crippen LogP contribution in [0.1, 0.15) is 12.8 Å². The number of allylic oxidation sites excluding steroid dienone is 1. The summed E-state index contributed by atoms with van der Waals surface area (Å²) in [5.74, 6) is -0.0568. The van der Waals surface area contributed by atoms with Crippen LogP contribution in [0.5, 0.6) is 5.75 Å². The third-order valence-electron chi connectivity index (χ3n) is 1.79. The molecule has 0 bridgehead atoms. The maximum Gasteiger partial charge on any atom is 0.327 e. The van der Waals surface area contributed by atoms with E-state index in [0.29, 0.717) is 6.61 Å². The van der Waals surface area contributed by atoms with Gasteiger partial charge in [-0.1, -0.05) is 24.3 Å². The van der Waals surface area contributed by atoms with Gasteiger partial charge in [0, 0.05) is 6.08 Å². The first-order chi connectivity index (χ1) is 7.29. The fourth-order valence-corrected chi connectivity index (χ4v) is 1.09. The number of unbranched alkanes of at least 4 members (excludes halogenated alkanes) is 1. The number of para-hydroxylation sites is 1. The Bertz CT molecular complexity index is 317. The molecule has 80 valence electrons. The molecule has 0 radical (unpaired) electrons. The lowest BCUT2D eigenvalue weighted by Crippen LogP contribution is -1.96. The lowest BCUT2D eigenvalue weighted by molar-refractivity contribution is -0.131. The molecule has 0 aliphatic carbocycles. The Kier molecular flexibility index (Phi) is 5.01. The number of hydrogen-bond acceptors (Lipinski definition) is 2. The summed E-state index contributed by atoms with van der Waals surface area (Å²) in [6.45, 7) is 0.605. The molecule has 0 fully saturated rings. The second kappa shape index (κ2) is 6.65.